The summed E-state index contributed by atoms with van der Waals surface area (Å²) in [4.78, 5) is 20.6. The number of aliphatic carboxylic acids is 1. The molecule has 19 heavy (non-hydrogen) atoms. The summed E-state index contributed by atoms with van der Waals surface area (Å²) in [6.07, 6.45) is 0. The van der Waals surface area contributed by atoms with E-state index in [0.29, 0.717) is 17.1 Å². The molecule has 1 heterocycles. The van der Waals surface area contributed by atoms with Crippen LogP contribution in [0.4, 0.5) is 0 Å². The largest absolute Gasteiger partial charge is 0.549 e. The van der Waals surface area contributed by atoms with Gasteiger partial charge in [-0.15, -0.1) is 11.8 Å². The number of nitrogens with zero attached hydrogens (tertiary/aromatic N) is 1. The molecule has 1 aromatic carbocycles. The number of hydrogen-bond donors (Lipinski definition) is 0. The summed E-state index contributed by atoms with van der Waals surface area (Å²) in [6.45, 7) is -0.248. The number of benzene rings is 1. The van der Waals surface area contributed by atoms with E-state index in [-0.39, 0.29) is 19.1 Å². The molecule has 0 saturated carbocycles. The van der Waals surface area contributed by atoms with Crippen molar-refractivity contribution in [3.8, 4) is 11.5 Å². The standard InChI is InChI=1S/C11H11NO6S/c13-11(14)5-19-10(4-12(15)16)7-1-2-8-9(3-7)18-6-17-8/h1-3,10H,4-6H2,(H,13,14)/p-1. The lowest BCUT2D eigenvalue weighted by Gasteiger charge is -2.13. The number of nitro groups is 1. The molecule has 1 atom stereocenters. The van der Waals surface area contributed by atoms with Crippen LogP contribution in [0.25, 0.3) is 0 Å². The zero-order chi connectivity index (χ0) is 13.8. The third-order valence-electron chi connectivity index (χ3n) is 2.49. The SMILES string of the molecule is O=C([O-])CSC(C[N+](=O)[O-])c1ccc2c(c1)OCO2. The average Bonchev–Trinajstić information content (AvgIpc) is 2.80. The molecule has 1 aromatic rings. The first-order valence-electron chi connectivity index (χ1n) is 5.39. The zero-order valence-electron chi connectivity index (χ0n) is 9.74. The molecule has 1 aliphatic heterocycles. The number of thioether (sulfide) groups is 1. The van der Waals surface area contributed by atoms with Gasteiger partial charge in [0.15, 0.2) is 11.5 Å². The first kappa shape index (κ1) is 13.5. The van der Waals surface area contributed by atoms with E-state index in [2.05, 4.69) is 0 Å². The van der Waals surface area contributed by atoms with Crippen LogP contribution in [0.15, 0.2) is 18.2 Å². The molecule has 0 amide bonds. The molecule has 0 N–H and O–H groups in total. The van der Waals surface area contributed by atoms with Crippen LogP contribution >= 0.6 is 11.8 Å². The van der Waals surface area contributed by atoms with Crippen LogP contribution in [0.2, 0.25) is 0 Å². The first-order valence-corrected chi connectivity index (χ1v) is 6.44. The summed E-state index contributed by atoms with van der Waals surface area (Å²) in [7, 11) is 0. The van der Waals surface area contributed by atoms with E-state index in [9.17, 15) is 20.0 Å². The fourth-order valence-corrected chi connectivity index (χ4v) is 2.58. The Morgan fingerprint density at radius 1 is 1.42 bits per heavy atom. The predicted molar refractivity (Wildman–Crippen MR) is 64.6 cm³/mol. The number of carboxylic acids is 1. The van der Waals surface area contributed by atoms with Crippen LogP contribution in [0.3, 0.4) is 0 Å². The number of carbonyl (C=O) groups excluding carboxylic acids is 1. The summed E-state index contributed by atoms with van der Waals surface area (Å²) in [5.74, 6) is -0.458. The van der Waals surface area contributed by atoms with E-state index in [1.54, 1.807) is 18.2 Å². The van der Waals surface area contributed by atoms with Crippen LogP contribution in [0.5, 0.6) is 11.5 Å². The third-order valence-corrected chi connectivity index (χ3v) is 3.71. The van der Waals surface area contributed by atoms with Crippen molar-refractivity contribution in [2.75, 3.05) is 19.1 Å². The van der Waals surface area contributed by atoms with Crippen molar-refractivity contribution in [3.05, 3.63) is 33.9 Å². The Morgan fingerprint density at radius 2 is 2.16 bits per heavy atom. The lowest BCUT2D eigenvalue weighted by molar-refractivity contribution is -0.479. The average molecular weight is 284 g/mol. The second-order valence-electron chi connectivity index (χ2n) is 3.80. The maximum absolute atomic E-state index is 10.6. The van der Waals surface area contributed by atoms with E-state index in [0.717, 1.165) is 11.8 Å². The van der Waals surface area contributed by atoms with Crippen molar-refractivity contribution in [1.29, 1.82) is 0 Å². The van der Waals surface area contributed by atoms with Gasteiger partial charge in [0.1, 0.15) is 0 Å². The summed E-state index contributed by atoms with van der Waals surface area (Å²) in [5.41, 5.74) is 0.632. The van der Waals surface area contributed by atoms with Crippen LogP contribution in [0, 0.1) is 10.1 Å². The normalized spacial score (nSPS) is 14.1. The highest BCUT2D eigenvalue weighted by molar-refractivity contribution is 8.00. The lowest BCUT2D eigenvalue weighted by Crippen LogP contribution is -2.25. The Balaban J connectivity index is 2.16. The van der Waals surface area contributed by atoms with Crippen molar-refractivity contribution >= 4 is 17.7 Å². The predicted octanol–water partition coefficient (Wildman–Crippen LogP) is 0.216. The van der Waals surface area contributed by atoms with Gasteiger partial charge in [-0.05, 0) is 17.7 Å². The van der Waals surface area contributed by atoms with Gasteiger partial charge >= 0.3 is 0 Å². The van der Waals surface area contributed by atoms with E-state index in [1.807, 2.05) is 0 Å². The zero-order valence-corrected chi connectivity index (χ0v) is 10.6. The summed E-state index contributed by atoms with van der Waals surface area (Å²) in [5, 5.41) is 20.5. The smallest absolute Gasteiger partial charge is 0.231 e. The van der Waals surface area contributed by atoms with Crippen LogP contribution in [-0.2, 0) is 4.79 Å². The van der Waals surface area contributed by atoms with Crippen molar-refractivity contribution in [3.63, 3.8) is 0 Å². The minimum absolute atomic E-state index is 0.116. The lowest BCUT2D eigenvalue weighted by atomic mass is 10.1. The van der Waals surface area contributed by atoms with Gasteiger partial charge in [-0.25, -0.2) is 0 Å². The van der Waals surface area contributed by atoms with Gasteiger partial charge in [-0.2, -0.15) is 0 Å². The maximum Gasteiger partial charge on any atom is 0.231 e. The van der Waals surface area contributed by atoms with Gasteiger partial charge in [0.05, 0.1) is 11.2 Å². The highest BCUT2D eigenvalue weighted by Gasteiger charge is 2.22. The highest BCUT2D eigenvalue weighted by Crippen LogP contribution is 2.37. The third kappa shape index (κ3) is 3.50. The fourth-order valence-electron chi connectivity index (χ4n) is 1.67. The molecule has 0 aromatic heterocycles. The van der Waals surface area contributed by atoms with Gasteiger partial charge in [0.25, 0.3) is 0 Å². The van der Waals surface area contributed by atoms with Gasteiger partial charge in [-0.3, -0.25) is 10.1 Å². The summed E-state index contributed by atoms with van der Waals surface area (Å²) < 4.78 is 10.3. The van der Waals surface area contributed by atoms with Crippen molar-refractivity contribution in [1.82, 2.24) is 0 Å². The number of ether oxygens (including phenoxy) is 2. The van der Waals surface area contributed by atoms with Crippen LogP contribution < -0.4 is 14.6 Å². The molecule has 0 aliphatic carbocycles. The molecular weight excluding hydrogens is 274 g/mol. The topological polar surface area (TPSA) is 102 Å². The monoisotopic (exact) mass is 284 g/mol. The van der Waals surface area contributed by atoms with Gasteiger partial charge in [0.2, 0.25) is 13.3 Å². The molecule has 0 saturated heterocycles. The van der Waals surface area contributed by atoms with E-state index in [1.165, 1.54) is 0 Å². The Labute approximate surface area is 112 Å². The molecule has 0 spiro atoms. The highest BCUT2D eigenvalue weighted by atomic mass is 32.2. The minimum atomic E-state index is -1.25. The van der Waals surface area contributed by atoms with Gasteiger partial charge in [-0.1, -0.05) is 6.07 Å². The molecule has 0 fully saturated rings. The Bertz CT molecular complexity index is 506. The quantitative estimate of drug-likeness (QED) is 0.543. The Kier molecular flexibility index (Phi) is 4.10. The van der Waals surface area contributed by atoms with Crippen LogP contribution in [0.1, 0.15) is 10.8 Å². The summed E-state index contributed by atoms with van der Waals surface area (Å²) >= 11 is 0.956. The van der Waals surface area contributed by atoms with E-state index >= 15 is 0 Å². The molecule has 0 bridgehead atoms. The number of carboxylic acid groups (broad SMARTS) is 1. The molecule has 2 rings (SSSR count). The number of fused-ring (bicyclic) bond motifs is 1. The van der Waals surface area contributed by atoms with E-state index in [4.69, 9.17) is 9.47 Å². The second-order valence-corrected chi connectivity index (χ2v) is 4.99. The first-order chi connectivity index (χ1) is 9.06. The molecule has 1 unspecified atom stereocenters. The van der Waals surface area contributed by atoms with Gasteiger partial charge in [0, 0.05) is 10.7 Å². The molecule has 102 valence electrons. The minimum Gasteiger partial charge on any atom is -0.549 e. The molecule has 0 radical (unpaired) electrons. The van der Waals surface area contributed by atoms with Crippen molar-refractivity contribution in [2.24, 2.45) is 0 Å². The second kappa shape index (κ2) is 5.79. The molecule has 7 nitrogen and oxygen atoms in total. The van der Waals surface area contributed by atoms with Crippen LogP contribution in [-0.4, -0.2) is 30.0 Å². The number of carbonyl (C=O) groups is 1. The molecular formula is C11H10NO6S-. The maximum atomic E-state index is 10.6. The molecule has 8 heteroatoms. The van der Waals surface area contributed by atoms with E-state index < -0.39 is 16.1 Å². The fraction of sp³-hybridized carbons (Fsp3) is 0.364. The Morgan fingerprint density at radius 3 is 2.84 bits per heavy atom. The number of hydrogen-bond acceptors (Lipinski definition) is 7. The van der Waals surface area contributed by atoms with Gasteiger partial charge < -0.3 is 19.4 Å². The van der Waals surface area contributed by atoms with Crippen molar-refractivity contribution < 1.29 is 24.3 Å². The van der Waals surface area contributed by atoms with Crippen molar-refractivity contribution in [2.45, 2.75) is 5.25 Å². The summed E-state index contributed by atoms with van der Waals surface area (Å²) in [6, 6.07) is 4.97. The number of rotatable bonds is 6. The molecule has 1 aliphatic rings. The Hall–Kier alpha value is -1.96.